The molecule has 0 unspecified atom stereocenters. The molecule has 4 nitrogen and oxygen atoms in total. The molecule has 0 aromatic heterocycles. The van der Waals surface area contributed by atoms with Gasteiger partial charge in [-0.2, -0.15) is 0 Å². The second-order valence-corrected chi connectivity index (χ2v) is 3.45. The smallest absolute Gasteiger partial charge is 0.410 e. The van der Waals surface area contributed by atoms with Crippen molar-refractivity contribution in [3.05, 3.63) is 0 Å². The van der Waals surface area contributed by atoms with Crippen molar-refractivity contribution in [3.8, 4) is 0 Å². The molecule has 0 saturated carbocycles. The van der Waals surface area contributed by atoms with E-state index < -0.39 is 30.7 Å². The third-order valence-electron chi connectivity index (χ3n) is 1.04. The van der Waals surface area contributed by atoms with Crippen LogP contribution < -0.4 is 5.73 Å². The van der Waals surface area contributed by atoms with Crippen LogP contribution >= 0.6 is 0 Å². The normalized spacial score (nSPS) is 36.0. The second-order valence-electron chi connectivity index (χ2n) is 3.45. The van der Waals surface area contributed by atoms with Crippen LogP contribution in [0.4, 0.5) is 4.79 Å². The molecule has 0 aliphatic carbocycles. The molecule has 2 N–H and O–H groups in total. The Bertz CT molecular complexity index is 332. The Morgan fingerprint density at radius 2 is 2.25 bits per heavy atom. The van der Waals surface area contributed by atoms with Gasteiger partial charge in [-0.05, 0) is 20.8 Å². The Morgan fingerprint density at radius 1 is 1.75 bits per heavy atom. The fourth-order valence-electron chi connectivity index (χ4n) is 0.640. The standard InChI is InChI=1S/C8H16N2O2/c1-8(2,3)12-7(11)10-4-6(9)5-10/h6H,4-5,9H2,1-3H3/i4D2,5D2,6D. The van der Waals surface area contributed by atoms with E-state index in [0.29, 0.717) is 0 Å². The molecule has 0 aromatic rings. The number of amides is 1. The summed E-state index contributed by atoms with van der Waals surface area (Å²) in [7, 11) is 0. The van der Waals surface area contributed by atoms with Crippen molar-refractivity contribution >= 4 is 6.09 Å². The lowest BCUT2D eigenvalue weighted by molar-refractivity contribution is 0.00884. The molecule has 1 aliphatic rings. The maximum atomic E-state index is 11.6. The van der Waals surface area contributed by atoms with Crippen LogP contribution in [0.25, 0.3) is 0 Å². The molecule has 1 rings (SSSR count). The van der Waals surface area contributed by atoms with Gasteiger partial charge in [0.2, 0.25) is 0 Å². The summed E-state index contributed by atoms with van der Waals surface area (Å²) in [6.45, 7) is -0.498. The number of nitrogens with two attached hydrogens (primary N) is 1. The molecule has 0 bridgehead atoms. The fraction of sp³-hybridized carbons (Fsp3) is 0.875. The molecular formula is C8H16N2O2. The van der Waals surface area contributed by atoms with Crippen molar-refractivity contribution in [3.63, 3.8) is 0 Å². The lowest BCUT2D eigenvalue weighted by Crippen LogP contribution is -2.58. The van der Waals surface area contributed by atoms with E-state index in [4.69, 9.17) is 17.3 Å². The Hall–Kier alpha value is -0.770. The first-order valence-electron chi connectivity index (χ1n) is 6.07. The number of carbonyl (C=O) groups is 1. The minimum atomic E-state index is -2.61. The van der Waals surface area contributed by atoms with Gasteiger partial charge in [-0.15, -0.1) is 0 Å². The van der Waals surface area contributed by atoms with Crippen molar-refractivity contribution in [2.45, 2.75) is 32.4 Å². The van der Waals surface area contributed by atoms with E-state index in [9.17, 15) is 4.79 Å². The number of ether oxygens (including phenoxy) is 1. The van der Waals surface area contributed by atoms with Crippen molar-refractivity contribution in [2.75, 3.05) is 13.0 Å². The van der Waals surface area contributed by atoms with E-state index in [1.807, 2.05) is 0 Å². The van der Waals surface area contributed by atoms with E-state index >= 15 is 0 Å². The second kappa shape index (κ2) is 2.94. The van der Waals surface area contributed by atoms with E-state index in [0.717, 1.165) is 0 Å². The zero-order chi connectivity index (χ0) is 13.9. The van der Waals surface area contributed by atoms with Gasteiger partial charge in [-0.1, -0.05) is 0 Å². The first-order chi connectivity index (χ1) is 7.25. The van der Waals surface area contributed by atoms with E-state index in [1.54, 1.807) is 20.8 Å². The Balaban J connectivity index is 2.97. The average Bonchev–Trinajstić information content (AvgIpc) is 1.97. The molecule has 70 valence electrons. The van der Waals surface area contributed by atoms with Crippen molar-refractivity contribution in [2.24, 2.45) is 5.73 Å². The molecular weight excluding hydrogens is 156 g/mol. The first kappa shape index (κ1) is 4.46. The molecule has 0 radical (unpaired) electrons. The number of rotatable bonds is 0. The van der Waals surface area contributed by atoms with Gasteiger partial charge >= 0.3 is 6.09 Å². The Kier molecular flexibility index (Phi) is 1.09. The van der Waals surface area contributed by atoms with Crippen LogP contribution in [-0.4, -0.2) is 35.6 Å². The highest BCUT2D eigenvalue weighted by atomic mass is 16.6. The highest BCUT2D eigenvalue weighted by Gasteiger charge is 2.31. The SMILES string of the molecule is [2H]C1([2H])N(C(=O)OC(C)(C)C)C([2H])([2H])C1([2H])N. The number of likely N-dealkylation sites (tertiary alicyclic amines) is 1. The minimum absolute atomic E-state index is 0.220. The molecule has 4 heteroatoms. The van der Waals surface area contributed by atoms with Gasteiger partial charge in [0.15, 0.2) is 0 Å². The minimum Gasteiger partial charge on any atom is -0.444 e. The molecule has 1 aliphatic heterocycles. The van der Waals surface area contributed by atoms with Crippen LogP contribution in [0, 0.1) is 0 Å². The molecule has 1 heterocycles. The summed E-state index contributed by atoms with van der Waals surface area (Å²) >= 11 is 0. The van der Waals surface area contributed by atoms with Crippen LogP contribution in [0.3, 0.4) is 0 Å². The summed E-state index contributed by atoms with van der Waals surface area (Å²) in [4.78, 5) is 11.9. The van der Waals surface area contributed by atoms with E-state index in [2.05, 4.69) is 0 Å². The Labute approximate surface area is 79.7 Å². The zero-order valence-electron chi connectivity index (χ0n) is 12.3. The first-order valence-corrected chi connectivity index (χ1v) is 3.57. The molecule has 0 spiro atoms. The van der Waals surface area contributed by atoms with Crippen molar-refractivity contribution in [1.29, 1.82) is 0 Å². The third kappa shape index (κ3) is 2.37. The summed E-state index contributed by atoms with van der Waals surface area (Å²) < 4.78 is 42.1. The summed E-state index contributed by atoms with van der Waals surface area (Å²) in [6, 6.07) is -2.52. The van der Waals surface area contributed by atoms with Gasteiger partial charge in [0, 0.05) is 20.4 Å². The average molecular weight is 177 g/mol. The number of nitrogens with zero attached hydrogens (tertiary/aromatic N) is 1. The quantitative estimate of drug-likeness (QED) is 0.588. The number of hydrogen-bond acceptors (Lipinski definition) is 3. The van der Waals surface area contributed by atoms with Gasteiger partial charge in [0.1, 0.15) is 5.60 Å². The third-order valence-corrected chi connectivity index (χ3v) is 1.04. The van der Waals surface area contributed by atoms with Crippen LogP contribution in [0.15, 0.2) is 0 Å². The molecule has 1 saturated heterocycles. The summed E-state index contributed by atoms with van der Waals surface area (Å²) in [5, 5.41) is 0. The van der Waals surface area contributed by atoms with Gasteiger partial charge in [-0.3, -0.25) is 0 Å². The fourth-order valence-corrected chi connectivity index (χ4v) is 0.640. The summed E-state index contributed by atoms with van der Waals surface area (Å²) in [5.41, 5.74) is 4.36. The molecule has 0 atom stereocenters. The number of carbonyl (C=O) groups excluding carboxylic acids is 1. The number of hydrogen-bond donors (Lipinski definition) is 1. The summed E-state index contributed by atoms with van der Waals surface area (Å²) in [5.74, 6) is 0. The highest BCUT2D eigenvalue weighted by molar-refractivity contribution is 5.69. The summed E-state index contributed by atoms with van der Waals surface area (Å²) in [6.07, 6.45) is -1.17. The van der Waals surface area contributed by atoms with Crippen molar-refractivity contribution < 1.29 is 16.4 Å². The van der Waals surface area contributed by atoms with E-state index in [-0.39, 0.29) is 4.90 Å². The van der Waals surface area contributed by atoms with Crippen LogP contribution in [0.5, 0.6) is 0 Å². The van der Waals surface area contributed by atoms with Gasteiger partial charge < -0.3 is 15.4 Å². The predicted molar refractivity (Wildman–Crippen MR) is 45.8 cm³/mol. The lowest BCUT2D eigenvalue weighted by atomic mass is 10.1. The van der Waals surface area contributed by atoms with Crippen LogP contribution in [-0.2, 0) is 4.74 Å². The monoisotopic (exact) mass is 177 g/mol. The van der Waals surface area contributed by atoms with Crippen LogP contribution in [0.1, 0.15) is 27.6 Å². The van der Waals surface area contributed by atoms with Crippen molar-refractivity contribution in [1.82, 2.24) is 4.90 Å². The van der Waals surface area contributed by atoms with E-state index in [1.165, 1.54) is 0 Å². The lowest BCUT2D eigenvalue weighted by Gasteiger charge is -2.37. The van der Waals surface area contributed by atoms with Crippen LogP contribution in [0.2, 0.25) is 0 Å². The zero-order valence-corrected chi connectivity index (χ0v) is 7.34. The maximum Gasteiger partial charge on any atom is 0.410 e. The highest BCUT2D eigenvalue weighted by Crippen LogP contribution is 2.13. The maximum absolute atomic E-state index is 11.6. The molecule has 0 aromatic carbocycles. The predicted octanol–water partition coefficient (Wildman–Crippen LogP) is 0.564. The molecule has 1 fully saturated rings. The topological polar surface area (TPSA) is 55.6 Å². The Morgan fingerprint density at radius 3 is 2.67 bits per heavy atom. The largest absolute Gasteiger partial charge is 0.444 e. The molecule has 1 amide bonds. The van der Waals surface area contributed by atoms with Gasteiger partial charge in [0.05, 0.1) is 5.48 Å². The molecule has 12 heavy (non-hydrogen) atoms. The van der Waals surface area contributed by atoms with Gasteiger partial charge in [-0.25, -0.2) is 4.79 Å². The van der Waals surface area contributed by atoms with Gasteiger partial charge in [0.25, 0.3) is 0 Å².